The molecule has 0 amide bonds. The van der Waals surface area contributed by atoms with Gasteiger partial charge in [0.2, 0.25) is 0 Å². The van der Waals surface area contributed by atoms with Gasteiger partial charge in [-0.3, -0.25) is 4.79 Å². The molecule has 0 radical (unpaired) electrons. The lowest BCUT2D eigenvalue weighted by molar-refractivity contribution is 0.0239. The van der Waals surface area contributed by atoms with E-state index in [9.17, 15) is 14.7 Å². The van der Waals surface area contributed by atoms with Crippen molar-refractivity contribution < 1.29 is 14.6 Å². The molecule has 0 aliphatic rings. The van der Waals surface area contributed by atoms with Crippen LogP contribution in [-0.4, -0.2) is 32.3 Å². The van der Waals surface area contributed by atoms with E-state index in [1.807, 2.05) is 20.8 Å². The first kappa shape index (κ1) is 20.5. The number of H-pyrrole nitrogens is 1. The molecule has 2 aromatic heterocycles. The van der Waals surface area contributed by atoms with Crippen molar-refractivity contribution >= 4 is 16.9 Å². The molecule has 2 heterocycles. The lowest BCUT2D eigenvalue weighted by Gasteiger charge is -2.16. The molecule has 0 spiro atoms. The topological polar surface area (TPSA) is 84.3 Å². The van der Waals surface area contributed by atoms with Crippen molar-refractivity contribution in [1.82, 2.24) is 9.55 Å². The van der Waals surface area contributed by atoms with Gasteiger partial charge in [-0.05, 0) is 32.8 Å². The summed E-state index contributed by atoms with van der Waals surface area (Å²) in [7, 11) is 1.60. The minimum Gasteiger partial charge on any atom is -0.459 e. The Morgan fingerprint density at radius 1 is 1.44 bits per heavy atom. The van der Waals surface area contributed by atoms with E-state index in [1.165, 1.54) is 17.6 Å². The Morgan fingerprint density at radius 2 is 2.07 bits per heavy atom. The highest BCUT2D eigenvalue weighted by Gasteiger charge is 2.24. The van der Waals surface area contributed by atoms with Crippen LogP contribution in [0.15, 0.2) is 23.6 Å². The number of carbonyl (C=O) groups is 1. The van der Waals surface area contributed by atoms with Crippen molar-refractivity contribution in [3.05, 3.63) is 46.0 Å². The second-order valence-corrected chi connectivity index (χ2v) is 7.29. The molecule has 2 rings (SSSR count). The van der Waals surface area contributed by atoms with E-state index in [2.05, 4.69) is 23.4 Å². The average Bonchev–Trinajstić information content (AvgIpc) is 2.94. The summed E-state index contributed by atoms with van der Waals surface area (Å²) in [4.78, 5) is 28.3. The largest absolute Gasteiger partial charge is 0.459 e. The summed E-state index contributed by atoms with van der Waals surface area (Å²) in [5.74, 6) is 5.23. The normalized spacial score (nSPS) is 14.4. The van der Waals surface area contributed by atoms with Gasteiger partial charge >= 0.3 is 5.97 Å². The molecule has 6 nitrogen and oxygen atoms in total. The standard InChI is InChI=1S/C21H26N2O4/c1-8-21(6,26)10-9-15-11-23(7)19(24)18-17(15)16(13(4)22-18)20(25)27-14(5)12(2)3/h8,11-12,14,22,26H,1H2,2-7H3/t14?,21-/m0/s1. The van der Waals surface area contributed by atoms with Crippen molar-refractivity contribution in [2.45, 2.75) is 46.3 Å². The number of esters is 1. The summed E-state index contributed by atoms with van der Waals surface area (Å²) in [6.07, 6.45) is 2.60. The number of rotatable bonds is 4. The van der Waals surface area contributed by atoms with Gasteiger partial charge in [-0.15, -0.1) is 0 Å². The molecule has 2 atom stereocenters. The molecule has 144 valence electrons. The smallest absolute Gasteiger partial charge is 0.340 e. The van der Waals surface area contributed by atoms with Crippen LogP contribution in [0, 0.1) is 24.7 Å². The summed E-state index contributed by atoms with van der Waals surface area (Å²) in [5.41, 5.74) is -0.110. The maximum atomic E-state index is 12.8. The monoisotopic (exact) mass is 370 g/mol. The fraction of sp³-hybridized carbons (Fsp3) is 0.429. The van der Waals surface area contributed by atoms with E-state index >= 15 is 0 Å². The Labute approximate surface area is 158 Å². The summed E-state index contributed by atoms with van der Waals surface area (Å²) >= 11 is 0. The predicted molar refractivity (Wildman–Crippen MR) is 106 cm³/mol. The number of pyridine rings is 1. The second-order valence-electron chi connectivity index (χ2n) is 7.29. The molecular formula is C21H26N2O4. The first-order valence-electron chi connectivity index (χ1n) is 8.80. The van der Waals surface area contributed by atoms with Crippen molar-refractivity contribution in [3.63, 3.8) is 0 Å². The predicted octanol–water partition coefficient (Wildman–Crippen LogP) is 2.66. The zero-order chi connectivity index (χ0) is 20.5. The quantitative estimate of drug-likeness (QED) is 0.492. The number of hydrogen-bond donors (Lipinski definition) is 2. The van der Waals surface area contributed by atoms with E-state index in [4.69, 9.17) is 4.74 Å². The maximum absolute atomic E-state index is 12.8. The van der Waals surface area contributed by atoms with E-state index in [-0.39, 0.29) is 28.7 Å². The van der Waals surface area contributed by atoms with Crippen LogP contribution < -0.4 is 5.56 Å². The molecular weight excluding hydrogens is 344 g/mol. The fourth-order valence-corrected chi connectivity index (χ4v) is 2.51. The zero-order valence-electron chi connectivity index (χ0n) is 16.6. The Balaban J connectivity index is 2.74. The molecule has 0 fully saturated rings. The summed E-state index contributed by atoms with van der Waals surface area (Å²) < 4.78 is 6.94. The number of aryl methyl sites for hydroxylation is 2. The van der Waals surface area contributed by atoms with Gasteiger partial charge in [0.1, 0.15) is 17.2 Å². The van der Waals surface area contributed by atoms with Crippen molar-refractivity contribution in [3.8, 4) is 11.8 Å². The molecule has 1 unspecified atom stereocenters. The Morgan fingerprint density at radius 3 is 2.63 bits per heavy atom. The molecule has 6 heteroatoms. The number of nitrogens with zero attached hydrogens (tertiary/aromatic N) is 1. The highest BCUT2D eigenvalue weighted by molar-refractivity contribution is 6.07. The number of aromatic nitrogens is 2. The summed E-state index contributed by atoms with van der Waals surface area (Å²) in [5, 5.41) is 10.5. The fourth-order valence-electron chi connectivity index (χ4n) is 2.51. The molecule has 0 saturated heterocycles. The van der Waals surface area contributed by atoms with Crippen molar-refractivity contribution in [2.24, 2.45) is 13.0 Å². The number of ether oxygens (including phenoxy) is 1. The van der Waals surface area contributed by atoms with Gasteiger partial charge in [0.05, 0.1) is 11.1 Å². The molecule has 0 aliphatic heterocycles. The SMILES string of the molecule is C=C[C@](C)(O)C#Cc1cn(C)c(=O)c2[nH]c(C)c(C(=O)OC(C)C(C)C)c12. The molecule has 0 aromatic carbocycles. The minimum atomic E-state index is -1.39. The van der Waals surface area contributed by atoms with Gasteiger partial charge in [-0.2, -0.15) is 0 Å². The maximum Gasteiger partial charge on any atom is 0.340 e. The van der Waals surface area contributed by atoms with E-state index in [0.29, 0.717) is 16.6 Å². The van der Waals surface area contributed by atoms with E-state index < -0.39 is 11.6 Å². The van der Waals surface area contributed by atoms with E-state index in [0.717, 1.165) is 0 Å². The van der Waals surface area contributed by atoms with Crippen LogP contribution in [0.25, 0.3) is 10.9 Å². The highest BCUT2D eigenvalue weighted by Crippen LogP contribution is 2.25. The minimum absolute atomic E-state index is 0.161. The van der Waals surface area contributed by atoms with Gasteiger partial charge in [-0.25, -0.2) is 4.79 Å². The van der Waals surface area contributed by atoms with Gasteiger partial charge in [0.15, 0.2) is 0 Å². The lowest BCUT2D eigenvalue weighted by atomic mass is 10.0. The van der Waals surface area contributed by atoms with Crippen LogP contribution in [0.4, 0.5) is 0 Å². The summed E-state index contributed by atoms with van der Waals surface area (Å²) in [6, 6.07) is 0. The number of fused-ring (bicyclic) bond motifs is 1. The zero-order valence-corrected chi connectivity index (χ0v) is 16.6. The highest BCUT2D eigenvalue weighted by atomic mass is 16.5. The second kappa shape index (κ2) is 7.45. The van der Waals surface area contributed by atoms with Crippen LogP contribution >= 0.6 is 0 Å². The number of carbonyl (C=O) groups excluding carboxylic acids is 1. The van der Waals surface area contributed by atoms with Crippen LogP contribution in [-0.2, 0) is 11.8 Å². The summed E-state index contributed by atoms with van der Waals surface area (Å²) in [6.45, 7) is 12.5. The number of hydrogen-bond acceptors (Lipinski definition) is 4. The molecule has 0 saturated carbocycles. The number of aromatic amines is 1. The molecule has 27 heavy (non-hydrogen) atoms. The van der Waals surface area contributed by atoms with Crippen LogP contribution in [0.3, 0.4) is 0 Å². The molecule has 0 bridgehead atoms. The first-order chi connectivity index (χ1) is 12.5. The van der Waals surface area contributed by atoms with Crippen LogP contribution in [0.2, 0.25) is 0 Å². The average molecular weight is 370 g/mol. The third kappa shape index (κ3) is 4.15. The third-order valence-corrected chi connectivity index (χ3v) is 4.60. The van der Waals surface area contributed by atoms with Crippen molar-refractivity contribution in [1.29, 1.82) is 0 Å². The van der Waals surface area contributed by atoms with Crippen molar-refractivity contribution in [2.75, 3.05) is 0 Å². The Bertz CT molecular complexity index is 1010. The molecule has 2 aromatic rings. The van der Waals surface area contributed by atoms with Gasteiger partial charge < -0.3 is 19.4 Å². The van der Waals surface area contributed by atoms with Crippen LogP contribution in [0.1, 0.15) is 49.3 Å². The van der Waals surface area contributed by atoms with E-state index in [1.54, 1.807) is 20.2 Å². The Hall–Kier alpha value is -2.78. The number of nitrogens with one attached hydrogen (secondary N) is 1. The molecule has 0 aliphatic carbocycles. The van der Waals surface area contributed by atoms with Gasteiger partial charge in [-0.1, -0.05) is 32.3 Å². The van der Waals surface area contributed by atoms with Crippen LogP contribution in [0.5, 0.6) is 0 Å². The van der Waals surface area contributed by atoms with Gasteiger partial charge in [0, 0.05) is 24.3 Å². The first-order valence-corrected chi connectivity index (χ1v) is 8.80. The molecule has 2 N–H and O–H groups in total. The third-order valence-electron chi connectivity index (χ3n) is 4.60. The number of aliphatic hydroxyl groups is 1. The lowest BCUT2D eigenvalue weighted by Crippen LogP contribution is -2.21. The van der Waals surface area contributed by atoms with Gasteiger partial charge in [0.25, 0.3) is 5.56 Å². The Kier molecular flexibility index (Phi) is 5.67.